The van der Waals surface area contributed by atoms with Crippen LogP contribution < -0.4 is 0 Å². The molecule has 3 heteroatoms. The van der Waals surface area contributed by atoms with E-state index in [-0.39, 0.29) is 0 Å². The zero-order chi connectivity index (χ0) is 13.2. The minimum absolute atomic E-state index is 0.418. The molecule has 1 fully saturated rings. The van der Waals surface area contributed by atoms with Crippen molar-refractivity contribution in [3.05, 3.63) is 34.9 Å². The minimum atomic E-state index is -0.823. The molecule has 1 aliphatic carbocycles. The molecule has 1 saturated carbocycles. The van der Waals surface area contributed by atoms with Gasteiger partial charge in [-0.25, -0.2) is 4.79 Å². The van der Waals surface area contributed by atoms with Crippen LogP contribution in [0.15, 0.2) is 18.2 Å². The van der Waals surface area contributed by atoms with Crippen molar-refractivity contribution in [2.24, 2.45) is 5.92 Å². The van der Waals surface area contributed by atoms with Crippen LogP contribution in [0.3, 0.4) is 0 Å². The van der Waals surface area contributed by atoms with Crippen molar-refractivity contribution in [1.82, 2.24) is 4.90 Å². The first-order valence-corrected chi connectivity index (χ1v) is 7.30. The number of carbonyl (C=O) groups is 1. The van der Waals surface area contributed by atoms with E-state index in [1.807, 2.05) is 12.1 Å². The van der Waals surface area contributed by atoms with Crippen molar-refractivity contribution in [2.45, 2.75) is 38.6 Å². The van der Waals surface area contributed by atoms with Gasteiger partial charge in [0.05, 0.1) is 5.56 Å². The summed E-state index contributed by atoms with van der Waals surface area (Å²) in [7, 11) is 0. The van der Waals surface area contributed by atoms with E-state index in [4.69, 9.17) is 5.11 Å². The average molecular weight is 259 g/mol. The lowest BCUT2D eigenvalue weighted by Crippen LogP contribution is -2.34. The van der Waals surface area contributed by atoms with E-state index in [9.17, 15) is 4.79 Å². The Morgan fingerprint density at radius 3 is 2.79 bits per heavy atom. The molecule has 3 rings (SSSR count). The Bertz CT molecular complexity index is 478. The number of fused-ring (bicyclic) bond motifs is 1. The van der Waals surface area contributed by atoms with Crippen LogP contribution in [0.4, 0.5) is 0 Å². The van der Waals surface area contributed by atoms with Crippen LogP contribution in [0.1, 0.15) is 47.2 Å². The van der Waals surface area contributed by atoms with Crippen LogP contribution in [0.5, 0.6) is 0 Å². The Morgan fingerprint density at radius 1 is 1.26 bits per heavy atom. The van der Waals surface area contributed by atoms with Gasteiger partial charge in [0.1, 0.15) is 0 Å². The van der Waals surface area contributed by atoms with Gasteiger partial charge in [0.15, 0.2) is 0 Å². The number of nitrogens with zero attached hydrogens (tertiary/aromatic N) is 1. The lowest BCUT2D eigenvalue weighted by Gasteiger charge is -2.31. The molecule has 1 aromatic carbocycles. The standard InChI is InChI=1S/C16H21NO2/c18-16(19)14-6-5-13-7-8-17(11-15(13)9-14)10-12-3-1-2-4-12/h5-6,9,12H,1-4,7-8,10-11H2,(H,18,19). The van der Waals surface area contributed by atoms with Crippen molar-refractivity contribution in [3.63, 3.8) is 0 Å². The number of aromatic carboxylic acids is 1. The van der Waals surface area contributed by atoms with E-state index in [0.29, 0.717) is 5.56 Å². The molecule has 1 heterocycles. The topological polar surface area (TPSA) is 40.5 Å². The third-order valence-electron chi connectivity index (χ3n) is 4.54. The summed E-state index contributed by atoms with van der Waals surface area (Å²) in [6.45, 7) is 3.24. The molecular weight excluding hydrogens is 238 g/mol. The van der Waals surface area contributed by atoms with E-state index in [0.717, 1.165) is 25.4 Å². The van der Waals surface area contributed by atoms with Crippen molar-refractivity contribution >= 4 is 5.97 Å². The first kappa shape index (κ1) is 12.7. The second-order valence-electron chi connectivity index (χ2n) is 5.92. The van der Waals surface area contributed by atoms with Gasteiger partial charge in [-0.1, -0.05) is 18.9 Å². The molecule has 0 saturated heterocycles. The number of benzene rings is 1. The fraction of sp³-hybridized carbons (Fsp3) is 0.562. The van der Waals surface area contributed by atoms with Crippen molar-refractivity contribution in [2.75, 3.05) is 13.1 Å². The van der Waals surface area contributed by atoms with E-state index < -0.39 is 5.97 Å². The Kier molecular flexibility index (Phi) is 3.56. The monoisotopic (exact) mass is 259 g/mol. The molecule has 0 spiro atoms. The smallest absolute Gasteiger partial charge is 0.335 e. The lowest BCUT2D eigenvalue weighted by atomic mass is 9.96. The Morgan fingerprint density at radius 2 is 2.05 bits per heavy atom. The summed E-state index contributed by atoms with van der Waals surface area (Å²) in [4.78, 5) is 13.5. The molecule has 0 bridgehead atoms. The SMILES string of the molecule is O=C(O)c1ccc2c(c1)CN(CC1CCCC1)CC2. The fourth-order valence-electron chi connectivity index (χ4n) is 3.46. The molecule has 0 atom stereocenters. The second kappa shape index (κ2) is 5.33. The van der Waals surface area contributed by atoms with Crippen molar-refractivity contribution < 1.29 is 9.90 Å². The summed E-state index contributed by atoms with van der Waals surface area (Å²) in [6, 6.07) is 5.58. The quantitative estimate of drug-likeness (QED) is 0.907. The summed E-state index contributed by atoms with van der Waals surface area (Å²) >= 11 is 0. The largest absolute Gasteiger partial charge is 0.478 e. The molecule has 0 aromatic heterocycles. The Labute approximate surface area is 114 Å². The van der Waals surface area contributed by atoms with Crippen LogP contribution in [0.2, 0.25) is 0 Å². The van der Waals surface area contributed by atoms with Gasteiger partial charge in [-0.3, -0.25) is 4.90 Å². The molecule has 102 valence electrons. The van der Waals surface area contributed by atoms with Gasteiger partial charge in [0.25, 0.3) is 0 Å². The molecular formula is C16H21NO2. The normalized spacial score (nSPS) is 20.4. The van der Waals surface area contributed by atoms with Crippen LogP contribution in [-0.4, -0.2) is 29.1 Å². The Hall–Kier alpha value is -1.35. The zero-order valence-corrected chi connectivity index (χ0v) is 11.3. The van der Waals surface area contributed by atoms with Crippen molar-refractivity contribution in [3.8, 4) is 0 Å². The predicted octanol–water partition coefficient (Wildman–Crippen LogP) is 2.93. The third kappa shape index (κ3) is 2.81. The van der Waals surface area contributed by atoms with Gasteiger partial charge < -0.3 is 5.11 Å². The Balaban J connectivity index is 1.70. The molecule has 0 unspecified atom stereocenters. The van der Waals surface area contributed by atoms with Gasteiger partial charge in [0.2, 0.25) is 0 Å². The maximum atomic E-state index is 11.0. The van der Waals surface area contributed by atoms with Crippen LogP contribution in [0, 0.1) is 5.92 Å². The van der Waals surface area contributed by atoms with E-state index >= 15 is 0 Å². The fourth-order valence-corrected chi connectivity index (χ4v) is 3.46. The summed E-state index contributed by atoms with van der Waals surface area (Å²) in [5.74, 6) is 0.0416. The number of hydrogen-bond donors (Lipinski definition) is 1. The summed E-state index contributed by atoms with van der Waals surface area (Å²) < 4.78 is 0. The summed E-state index contributed by atoms with van der Waals surface area (Å²) in [5, 5.41) is 9.07. The highest BCUT2D eigenvalue weighted by atomic mass is 16.4. The zero-order valence-electron chi connectivity index (χ0n) is 11.3. The maximum absolute atomic E-state index is 11.0. The molecule has 3 nitrogen and oxygen atoms in total. The highest BCUT2D eigenvalue weighted by molar-refractivity contribution is 5.87. The molecule has 0 amide bonds. The molecule has 2 aliphatic rings. The van der Waals surface area contributed by atoms with Gasteiger partial charge >= 0.3 is 5.97 Å². The highest BCUT2D eigenvalue weighted by Gasteiger charge is 2.22. The number of hydrogen-bond acceptors (Lipinski definition) is 2. The molecule has 1 aromatic rings. The number of rotatable bonds is 3. The van der Waals surface area contributed by atoms with Gasteiger partial charge in [0, 0.05) is 19.6 Å². The molecule has 19 heavy (non-hydrogen) atoms. The van der Waals surface area contributed by atoms with Crippen LogP contribution in [0.25, 0.3) is 0 Å². The summed E-state index contributed by atoms with van der Waals surface area (Å²) in [5.41, 5.74) is 2.96. The molecule has 1 aliphatic heterocycles. The summed E-state index contributed by atoms with van der Waals surface area (Å²) in [6.07, 6.45) is 6.58. The average Bonchev–Trinajstić information content (AvgIpc) is 2.90. The van der Waals surface area contributed by atoms with Gasteiger partial charge in [-0.2, -0.15) is 0 Å². The van der Waals surface area contributed by atoms with Crippen molar-refractivity contribution in [1.29, 1.82) is 0 Å². The van der Waals surface area contributed by atoms with Gasteiger partial charge in [-0.05, 0) is 48.4 Å². The van der Waals surface area contributed by atoms with E-state index in [1.54, 1.807) is 6.07 Å². The maximum Gasteiger partial charge on any atom is 0.335 e. The van der Waals surface area contributed by atoms with E-state index in [2.05, 4.69) is 4.90 Å². The van der Waals surface area contributed by atoms with E-state index in [1.165, 1.54) is 43.4 Å². The van der Waals surface area contributed by atoms with Crippen LogP contribution in [-0.2, 0) is 13.0 Å². The second-order valence-corrected chi connectivity index (χ2v) is 5.92. The predicted molar refractivity (Wildman–Crippen MR) is 74.3 cm³/mol. The lowest BCUT2D eigenvalue weighted by molar-refractivity contribution is 0.0696. The van der Waals surface area contributed by atoms with Crippen LogP contribution >= 0.6 is 0 Å². The minimum Gasteiger partial charge on any atom is -0.478 e. The molecule has 0 radical (unpaired) electrons. The first-order valence-electron chi connectivity index (χ1n) is 7.30. The highest BCUT2D eigenvalue weighted by Crippen LogP contribution is 2.28. The number of carboxylic acid groups (broad SMARTS) is 1. The third-order valence-corrected chi connectivity index (χ3v) is 4.54. The molecule has 1 N–H and O–H groups in total. The first-order chi connectivity index (χ1) is 9.22. The van der Waals surface area contributed by atoms with Gasteiger partial charge in [-0.15, -0.1) is 0 Å². The number of carboxylic acids is 1.